The third-order valence-electron chi connectivity index (χ3n) is 9.14. The topological polar surface area (TPSA) is 0 Å². The van der Waals surface area contributed by atoms with Crippen LogP contribution in [0.2, 0.25) is 0 Å². The van der Waals surface area contributed by atoms with E-state index in [0.717, 1.165) is 0 Å². The van der Waals surface area contributed by atoms with E-state index in [9.17, 15) is 0 Å². The molecular formula is C42H24S4. The first-order chi connectivity index (χ1) is 22.8. The first-order valence-electron chi connectivity index (χ1n) is 15.3. The van der Waals surface area contributed by atoms with Crippen LogP contribution >= 0.6 is 45.3 Å². The molecule has 0 radical (unpaired) electrons. The Hall–Kier alpha value is -4.58. The molecule has 10 rings (SSSR count). The molecule has 0 aliphatic carbocycles. The fraction of sp³-hybridized carbons (Fsp3) is 0. The predicted octanol–water partition coefficient (Wildman–Crippen LogP) is 14.4. The Morgan fingerprint density at radius 3 is 0.957 bits per heavy atom. The lowest BCUT2D eigenvalue weighted by Crippen LogP contribution is -1.82. The van der Waals surface area contributed by atoms with Crippen LogP contribution < -0.4 is 0 Å². The minimum Gasteiger partial charge on any atom is -0.144 e. The van der Waals surface area contributed by atoms with Gasteiger partial charge < -0.3 is 0 Å². The van der Waals surface area contributed by atoms with Gasteiger partial charge >= 0.3 is 0 Å². The van der Waals surface area contributed by atoms with Gasteiger partial charge in [0.2, 0.25) is 0 Å². The van der Waals surface area contributed by atoms with Gasteiger partial charge in [0.25, 0.3) is 0 Å². The molecule has 0 saturated carbocycles. The molecule has 0 N–H and O–H groups in total. The third kappa shape index (κ3) is 4.22. The lowest BCUT2D eigenvalue weighted by Gasteiger charge is -2.09. The maximum Gasteiger partial charge on any atom is 0.0355 e. The summed E-state index contributed by atoms with van der Waals surface area (Å²) in [4.78, 5) is 5.26. The van der Waals surface area contributed by atoms with Crippen LogP contribution in [0.4, 0.5) is 0 Å². The highest BCUT2D eigenvalue weighted by molar-refractivity contribution is 7.22. The summed E-state index contributed by atoms with van der Waals surface area (Å²) in [5.74, 6) is 0. The minimum absolute atomic E-state index is 1.28. The largest absolute Gasteiger partial charge is 0.144 e. The smallest absolute Gasteiger partial charge is 0.0355 e. The summed E-state index contributed by atoms with van der Waals surface area (Å²) in [6.07, 6.45) is 0. The molecule has 6 aromatic carbocycles. The van der Waals surface area contributed by atoms with Crippen molar-refractivity contribution in [2.45, 2.75) is 0 Å². The molecule has 0 nitrogen and oxygen atoms in total. The zero-order valence-electron chi connectivity index (χ0n) is 24.5. The summed E-state index contributed by atoms with van der Waals surface area (Å²) in [5.41, 5.74) is 5.12. The van der Waals surface area contributed by atoms with Gasteiger partial charge in [-0.05, 0) is 102 Å². The second kappa shape index (κ2) is 10.5. The van der Waals surface area contributed by atoms with E-state index in [2.05, 4.69) is 144 Å². The molecular weight excluding hydrogens is 633 g/mol. The molecule has 0 aliphatic rings. The van der Waals surface area contributed by atoms with Crippen LogP contribution in [-0.2, 0) is 0 Å². The molecule has 0 fully saturated rings. The summed E-state index contributed by atoms with van der Waals surface area (Å²) in [5, 5.41) is 14.9. The quantitative estimate of drug-likeness (QED) is 0.165. The predicted molar refractivity (Wildman–Crippen MR) is 207 cm³/mol. The van der Waals surface area contributed by atoms with Crippen molar-refractivity contribution in [2.24, 2.45) is 0 Å². The second-order valence-electron chi connectivity index (χ2n) is 11.7. The second-order valence-corrected chi connectivity index (χ2v) is 15.8. The molecule has 0 amide bonds. The highest BCUT2D eigenvalue weighted by Crippen LogP contribution is 2.43. The first kappa shape index (κ1) is 26.6. The third-order valence-corrected chi connectivity index (χ3v) is 13.3. The van der Waals surface area contributed by atoms with Crippen LogP contribution in [0.25, 0.3) is 94.3 Å². The number of fused-ring (bicyclic) bond motifs is 9. The summed E-state index contributed by atoms with van der Waals surface area (Å²) in [6.45, 7) is 0. The SMILES string of the molecule is c1csc(-c2ccc(-c3cc4c(ccc5c4ccc4c6ccc7sc(-c8ccc(-c9cccs9)cc8)cc7c6ccc54)s3)cc2)c1. The van der Waals surface area contributed by atoms with Gasteiger partial charge in [-0.25, -0.2) is 0 Å². The molecule has 216 valence electrons. The van der Waals surface area contributed by atoms with E-state index in [1.807, 2.05) is 22.7 Å². The summed E-state index contributed by atoms with van der Waals surface area (Å²) in [7, 11) is 0. The standard InChI is InChI=1S/C42H24S4/c1-3-37(43-21-1)25-5-9-27(10-6-25)41-23-35-33-15-13-30-29(31(33)17-19-39(35)45-41)14-16-34-32(30)18-20-40-36(34)24-42(46-40)28-11-7-26(8-12-28)38-4-2-22-44-38/h1-24H. The Morgan fingerprint density at radius 1 is 0.283 bits per heavy atom. The first-order valence-corrected chi connectivity index (χ1v) is 18.7. The lowest BCUT2D eigenvalue weighted by atomic mass is 9.94. The Kier molecular flexibility index (Phi) is 6.06. The fourth-order valence-electron chi connectivity index (χ4n) is 6.85. The van der Waals surface area contributed by atoms with Crippen LogP contribution in [0.15, 0.2) is 144 Å². The molecule has 4 heterocycles. The van der Waals surface area contributed by atoms with E-state index in [1.165, 1.54) is 94.3 Å². The normalized spacial score (nSPS) is 11.9. The van der Waals surface area contributed by atoms with Crippen molar-refractivity contribution in [3.63, 3.8) is 0 Å². The van der Waals surface area contributed by atoms with Gasteiger partial charge in [0, 0.05) is 39.7 Å². The molecule has 0 unspecified atom stereocenters. The zero-order chi connectivity index (χ0) is 30.2. The van der Waals surface area contributed by atoms with Crippen molar-refractivity contribution in [2.75, 3.05) is 0 Å². The highest BCUT2D eigenvalue weighted by Gasteiger charge is 2.14. The molecule has 0 aliphatic heterocycles. The van der Waals surface area contributed by atoms with E-state index in [4.69, 9.17) is 0 Å². The van der Waals surface area contributed by atoms with Gasteiger partial charge in [-0.2, -0.15) is 0 Å². The lowest BCUT2D eigenvalue weighted by molar-refractivity contribution is 1.69. The van der Waals surface area contributed by atoms with E-state index >= 15 is 0 Å². The summed E-state index contributed by atoms with van der Waals surface area (Å²) >= 11 is 7.34. The fourth-order valence-corrected chi connectivity index (χ4v) is 10.5. The van der Waals surface area contributed by atoms with Crippen LogP contribution in [0, 0.1) is 0 Å². The number of rotatable bonds is 4. The van der Waals surface area contributed by atoms with E-state index in [1.54, 1.807) is 22.7 Å². The van der Waals surface area contributed by atoms with Gasteiger partial charge in [-0.3, -0.25) is 0 Å². The molecule has 46 heavy (non-hydrogen) atoms. The highest BCUT2D eigenvalue weighted by atomic mass is 32.1. The van der Waals surface area contributed by atoms with Crippen molar-refractivity contribution in [1.29, 1.82) is 0 Å². The summed E-state index contributed by atoms with van der Waals surface area (Å²) in [6, 6.07) is 50.1. The van der Waals surface area contributed by atoms with Crippen LogP contribution in [-0.4, -0.2) is 0 Å². The van der Waals surface area contributed by atoms with E-state index in [-0.39, 0.29) is 0 Å². The molecule has 4 heteroatoms. The van der Waals surface area contributed by atoms with Gasteiger partial charge in [0.1, 0.15) is 0 Å². The van der Waals surface area contributed by atoms with E-state index < -0.39 is 0 Å². The number of benzene rings is 6. The number of hydrogen-bond donors (Lipinski definition) is 0. The van der Waals surface area contributed by atoms with Gasteiger partial charge in [-0.15, -0.1) is 45.3 Å². The van der Waals surface area contributed by atoms with Gasteiger partial charge in [0.05, 0.1) is 0 Å². The molecule has 4 aromatic heterocycles. The van der Waals surface area contributed by atoms with Crippen molar-refractivity contribution in [1.82, 2.24) is 0 Å². The van der Waals surface area contributed by atoms with Crippen LogP contribution in [0.3, 0.4) is 0 Å². The Bertz CT molecular complexity index is 2510. The van der Waals surface area contributed by atoms with Crippen molar-refractivity contribution in [3.8, 4) is 41.8 Å². The van der Waals surface area contributed by atoms with Gasteiger partial charge in [-0.1, -0.05) is 97.1 Å². The number of thiophene rings is 4. The van der Waals surface area contributed by atoms with Crippen LogP contribution in [0.1, 0.15) is 0 Å². The molecule has 0 atom stereocenters. The molecule has 10 aromatic rings. The van der Waals surface area contributed by atoms with E-state index in [0.29, 0.717) is 0 Å². The maximum absolute atomic E-state index is 2.39. The molecule has 0 spiro atoms. The van der Waals surface area contributed by atoms with Crippen molar-refractivity contribution >= 4 is 97.8 Å². The summed E-state index contributed by atoms with van der Waals surface area (Å²) < 4.78 is 2.67. The van der Waals surface area contributed by atoms with Crippen molar-refractivity contribution in [3.05, 3.63) is 144 Å². The molecule has 0 saturated heterocycles. The molecule has 0 bridgehead atoms. The number of hydrogen-bond acceptors (Lipinski definition) is 4. The average Bonchev–Trinajstić information content (AvgIpc) is 3.94. The zero-order valence-corrected chi connectivity index (χ0v) is 27.8. The Balaban J connectivity index is 1.05. The maximum atomic E-state index is 2.39. The minimum atomic E-state index is 1.28. The van der Waals surface area contributed by atoms with Crippen LogP contribution in [0.5, 0.6) is 0 Å². The van der Waals surface area contributed by atoms with Gasteiger partial charge in [0.15, 0.2) is 0 Å². The monoisotopic (exact) mass is 656 g/mol. The Morgan fingerprint density at radius 2 is 0.609 bits per heavy atom. The Labute approximate surface area is 282 Å². The average molecular weight is 657 g/mol. The van der Waals surface area contributed by atoms with Crippen molar-refractivity contribution < 1.29 is 0 Å².